The van der Waals surface area contributed by atoms with E-state index in [0.717, 1.165) is 11.5 Å². The molecule has 0 fully saturated rings. The van der Waals surface area contributed by atoms with E-state index in [2.05, 4.69) is 34.5 Å². The first-order valence-electron chi connectivity index (χ1n) is 6.20. The molecular formula is C13H22N4O. The zero-order valence-electron chi connectivity index (χ0n) is 11.5. The van der Waals surface area contributed by atoms with Crippen molar-refractivity contribution in [1.29, 1.82) is 0 Å². The molecule has 100 valence electrons. The standard InChI is InChI=1S/C13H22N4O/c1-5-18-12-8-11(6-7-15-12)9-16-13(14-4)17-10(2)3/h6-8,10H,5,9H2,1-4H3,(H2,14,16,17). The van der Waals surface area contributed by atoms with Crippen LogP contribution in [0, 0.1) is 0 Å². The molecule has 1 rings (SSSR count). The Morgan fingerprint density at radius 3 is 2.89 bits per heavy atom. The molecule has 0 saturated carbocycles. The second kappa shape index (κ2) is 7.53. The molecule has 5 nitrogen and oxygen atoms in total. The Morgan fingerprint density at radius 1 is 1.50 bits per heavy atom. The molecule has 0 aliphatic carbocycles. The molecule has 0 spiro atoms. The van der Waals surface area contributed by atoms with Gasteiger partial charge in [0.25, 0.3) is 0 Å². The molecule has 2 N–H and O–H groups in total. The summed E-state index contributed by atoms with van der Waals surface area (Å²) in [4.78, 5) is 8.28. The van der Waals surface area contributed by atoms with Gasteiger partial charge in [0.1, 0.15) is 0 Å². The molecule has 0 atom stereocenters. The topological polar surface area (TPSA) is 58.5 Å². The van der Waals surface area contributed by atoms with Gasteiger partial charge < -0.3 is 15.4 Å². The summed E-state index contributed by atoms with van der Waals surface area (Å²) in [7, 11) is 1.76. The van der Waals surface area contributed by atoms with Crippen molar-refractivity contribution >= 4 is 5.96 Å². The van der Waals surface area contributed by atoms with Crippen LogP contribution in [0.1, 0.15) is 26.3 Å². The van der Waals surface area contributed by atoms with E-state index in [1.54, 1.807) is 13.2 Å². The van der Waals surface area contributed by atoms with Gasteiger partial charge in [-0.15, -0.1) is 0 Å². The summed E-state index contributed by atoms with van der Waals surface area (Å²) in [5, 5.41) is 6.47. The smallest absolute Gasteiger partial charge is 0.213 e. The van der Waals surface area contributed by atoms with E-state index in [9.17, 15) is 0 Å². The summed E-state index contributed by atoms with van der Waals surface area (Å²) in [6, 6.07) is 4.24. The van der Waals surface area contributed by atoms with Crippen molar-refractivity contribution in [2.45, 2.75) is 33.4 Å². The minimum Gasteiger partial charge on any atom is -0.478 e. The number of pyridine rings is 1. The van der Waals surface area contributed by atoms with Crippen molar-refractivity contribution in [3.8, 4) is 5.88 Å². The number of hydrogen-bond acceptors (Lipinski definition) is 3. The number of guanidine groups is 1. The Bertz CT molecular complexity index is 390. The van der Waals surface area contributed by atoms with Gasteiger partial charge in [-0.25, -0.2) is 4.98 Å². The molecule has 0 aliphatic heterocycles. The normalized spacial score (nSPS) is 11.5. The average molecular weight is 250 g/mol. The summed E-state index contributed by atoms with van der Waals surface area (Å²) in [5.74, 6) is 1.45. The first-order chi connectivity index (χ1) is 8.65. The number of aromatic nitrogens is 1. The third kappa shape index (κ3) is 5.03. The lowest BCUT2D eigenvalue weighted by Crippen LogP contribution is -2.40. The zero-order chi connectivity index (χ0) is 13.4. The van der Waals surface area contributed by atoms with Crippen LogP contribution in [0.25, 0.3) is 0 Å². The van der Waals surface area contributed by atoms with Crippen LogP contribution in [0.15, 0.2) is 23.3 Å². The molecule has 0 aromatic carbocycles. The number of nitrogens with zero attached hydrogens (tertiary/aromatic N) is 2. The maximum Gasteiger partial charge on any atom is 0.213 e. The van der Waals surface area contributed by atoms with E-state index in [4.69, 9.17) is 4.74 Å². The third-order valence-electron chi connectivity index (χ3n) is 2.20. The van der Waals surface area contributed by atoms with Crippen molar-refractivity contribution in [2.24, 2.45) is 4.99 Å². The van der Waals surface area contributed by atoms with Gasteiger partial charge in [-0.3, -0.25) is 4.99 Å². The van der Waals surface area contributed by atoms with Crippen LogP contribution in [0.5, 0.6) is 5.88 Å². The fraction of sp³-hybridized carbons (Fsp3) is 0.538. The summed E-state index contributed by atoms with van der Waals surface area (Å²) < 4.78 is 5.36. The lowest BCUT2D eigenvalue weighted by Gasteiger charge is -2.14. The highest BCUT2D eigenvalue weighted by Crippen LogP contribution is 2.08. The number of ether oxygens (including phenoxy) is 1. The van der Waals surface area contributed by atoms with Crippen LogP contribution < -0.4 is 15.4 Å². The fourth-order valence-corrected chi connectivity index (χ4v) is 1.44. The fourth-order valence-electron chi connectivity index (χ4n) is 1.44. The van der Waals surface area contributed by atoms with Gasteiger partial charge in [-0.05, 0) is 32.4 Å². The molecule has 0 aliphatic rings. The monoisotopic (exact) mass is 250 g/mol. The molecular weight excluding hydrogens is 228 g/mol. The Hall–Kier alpha value is -1.78. The van der Waals surface area contributed by atoms with Crippen LogP contribution in [-0.4, -0.2) is 30.6 Å². The number of aliphatic imine (C=N–C) groups is 1. The number of nitrogens with one attached hydrogen (secondary N) is 2. The summed E-state index contributed by atoms with van der Waals surface area (Å²) in [6.07, 6.45) is 1.75. The largest absolute Gasteiger partial charge is 0.478 e. The lowest BCUT2D eigenvalue weighted by molar-refractivity contribution is 0.326. The van der Waals surface area contributed by atoms with E-state index in [-0.39, 0.29) is 0 Å². The highest BCUT2D eigenvalue weighted by Gasteiger charge is 2.01. The molecule has 0 amide bonds. The molecule has 1 aromatic rings. The van der Waals surface area contributed by atoms with Crippen molar-refractivity contribution in [3.63, 3.8) is 0 Å². The maximum absolute atomic E-state index is 5.36. The van der Waals surface area contributed by atoms with Crippen LogP contribution in [0.2, 0.25) is 0 Å². The number of rotatable bonds is 5. The molecule has 0 unspecified atom stereocenters. The minimum absolute atomic E-state index is 0.354. The summed E-state index contributed by atoms with van der Waals surface area (Å²) in [6.45, 7) is 7.41. The Balaban J connectivity index is 2.54. The van der Waals surface area contributed by atoms with Crippen LogP contribution >= 0.6 is 0 Å². The lowest BCUT2D eigenvalue weighted by atomic mass is 10.2. The van der Waals surface area contributed by atoms with Crippen LogP contribution in [0.3, 0.4) is 0 Å². The molecule has 1 heterocycles. The summed E-state index contributed by atoms with van der Waals surface area (Å²) >= 11 is 0. The third-order valence-corrected chi connectivity index (χ3v) is 2.20. The van der Waals surface area contributed by atoms with Crippen molar-refractivity contribution < 1.29 is 4.74 Å². The van der Waals surface area contributed by atoms with E-state index in [1.807, 2.05) is 19.1 Å². The quantitative estimate of drug-likeness (QED) is 0.615. The van der Waals surface area contributed by atoms with Gasteiger partial charge >= 0.3 is 0 Å². The molecule has 0 saturated heterocycles. The van der Waals surface area contributed by atoms with Crippen molar-refractivity contribution in [2.75, 3.05) is 13.7 Å². The predicted octanol–water partition coefficient (Wildman–Crippen LogP) is 1.55. The Morgan fingerprint density at radius 2 is 2.28 bits per heavy atom. The second-order valence-corrected chi connectivity index (χ2v) is 4.16. The van der Waals surface area contributed by atoms with E-state index in [1.165, 1.54) is 0 Å². The van der Waals surface area contributed by atoms with Crippen LogP contribution in [0.4, 0.5) is 0 Å². The second-order valence-electron chi connectivity index (χ2n) is 4.16. The predicted molar refractivity (Wildman–Crippen MR) is 73.9 cm³/mol. The molecule has 0 bridgehead atoms. The van der Waals surface area contributed by atoms with Gasteiger partial charge in [-0.1, -0.05) is 0 Å². The average Bonchev–Trinajstić information content (AvgIpc) is 2.35. The summed E-state index contributed by atoms with van der Waals surface area (Å²) in [5.41, 5.74) is 1.11. The molecule has 0 radical (unpaired) electrons. The Kier molecular flexibility index (Phi) is 5.97. The van der Waals surface area contributed by atoms with E-state index >= 15 is 0 Å². The Labute approximate surface area is 109 Å². The van der Waals surface area contributed by atoms with Gasteiger partial charge in [0, 0.05) is 31.9 Å². The SMILES string of the molecule is CCOc1cc(CNC(=NC)NC(C)C)ccn1. The van der Waals surface area contributed by atoms with Crippen LogP contribution in [-0.2, 0) is 6.54 Å². The van der Waals surface area contributed by atoms with Crippen molar-refractivity contribution in [1.82, 2.24) is 15.6 Å². The van der Waals surface area contributed by atoms with Crippen molar-refractivity contribution in [3.05, 3.63) is 23.9 Å². The maximum atomic E-state index is 5.36. The van der Waals surface area contributed by atoms with E-state index in [0.29, 0.717) is 25.1 Å². The molecule has 18 heavy (non-hydrogen) atoms. The minimum atomic E-state index is 0.354. The molecule has 5 heteroatoms. The highest BCUT2D eigenvalue weighted by atomic mass is 16.5. The highest BCUT2D eigenvalue weighted by molar-refractivity contribution is 5.79. The number of hydrogen-bond donors (Lipinski definition) is 2. The van der Waals surface area contributed by atoms with E-state index < -0.39 is 0 Å². The molecule has 1 aromatic heterocycles. The van der Waals surface area contributed by atoms with Gasteiger partial charge in [-0.2, -0.15) is 0 Å². The zero-order valence-corrected chi connectivity index (χ0v) is 11.5. The first-order valence-corrected chi connectivity index (χ1v) is 6.20. The van der Waals surface area contributed by atoms with Gasteiger partial charge in [0.2, 0.25) is 5.88 Å². The first kappa shape index (κ1) is 14.3. The van der Waals surface area contributed by atoms with Gasteiger partial charge in [0.15, 0.2) is 5.96 Å². The van der Waals surface area contributed by atoms with Gasteiger partial charge in [0.05, 0.1) is 6.61 Å².